The third kappa shape index (κ3) is 4.35. The summed E-state index contributed by atoms with van der Waals surface area (Å²) in [4.78, 5) is 12.4. The summed E-state index contributed by atoms with van der Waals surface area (Å²) >= 11 is 0. The summed E-state index contributed by atoms with van der Waals surface area (Å²) < 4.78 is 17.9. The number of methoxy groups -OCH3 is 2. The molecular formula is C19H20N4O4. The predicted molar refractivity (Wildman–Crippen MR) is 99.8 cm³/mol. The van der Waals surface area contributed by atoms with Crippen LogP contribution in [0.15, 0.2) is 49.1 Å². The van der Waals surface area contributed by atoms with Gasteiger partial charge in [0.2, 0.25) is 0 Å². The van der Waals surface area contributed by atoms with Crippen LogP contribution >= 0.6 is 0 Å². The summed E-state index contributed by atoms with van der Waals surface area (Å²) in [6, 6.07) is 10.8. The van der Waals surface area contributed by atoms with Gasteiger partial charge in [-0.1, -0.05) is 6.07 Å². The number of rotatable bonds is 7. The van der Waals surface area contributed by atoms with Crippen molar-refractivity contribution in [1.29, 1.82) is 0 Å². The Labute approximate surface area is 156 Å². The zero-order valence-electron chi connectivity index (χ0n) is 15.3. The van der Waals surface area contributed by atoms with Crippen LogP contribution in [-0.2, 0) is 4.79 Å². The topological polar surface area (TPSA) is 87.5 Å². The van der Waals surface area contributed by atoms with Gasteiger partial charge in [-0.2, -0.15) is 0 Å². The van der Waals surface area contributed by atoms with Crippen LogP contribution in [0.25, 0.3) is 5.69 Å². The molecule has 0 aliphatic carbocycles. The SMILES string of the molecule is COc1ccc(OC)c(NC(=O)COc2ccc(C)cc2-n2cnnc2)c1. The van der Waals surface area contributed by atoms with Crippen molar-refractivity contribution in [2.75, 3.05) is 26.1 Å². The molecule has 0 radical (unpaired) electrons. The minimum Gasteiger partial charge on any atom is -0.497 e. The molecule has 3 rings (SSSR count). The number of anilines is 1. The summed E-state index contributed by atoms with van der Waals surface area (Å²) in [5.41, 5.74) is 2.32. The molecule has 8 heteroatoms. The largest absolute Gasteiger partial charge is 0.497 e. The first-order chi connectivity index (χ1) is 13.1. The molecular weight excluding hydrogens is 348 g/mol. The van der Waals surface area contributed by atoms with Gasteiger partial charge in [0.1, 0.15) is 29.9 Å². The molecule has 0 atom stereocenters. The van der Waals surface area contributed by atoms with Crippen LogP contribution in [0.4, 0.5) is 5.69 Å². The van der Waals surface area contributed by atoms with Crippen molar-refractivity contribution >= 4 is 11.6 Å². The van der Waals surface area contributed by atoms with Crippen molar-refractivity contribution in [1.82, 2.24) is 14.8 Å². The maximum Gasteiger partial charge on any atom is 0.262 e. The first-order valence-corrected chi connectivity index (χ1v) is 8.21. The molecule has 2 aromatic carbocycles. The first-order valence-electron chi connectivity index (χ1n) is 8.21. The molecule has 1 aromatic heterocycles. The molecule has 0 spiro atoms. The Balaban J connectivity index is 1.72. The number of hydrogen-bond donors (Lipinski definition) is 1. The minimum atomic E-state index is -0.322. The zero-order chi connectivity index (χ0) is 19.2. The number of ether oxygens (including phenoxy) is 3. The molecule has 8 nitrogen and oxygen atoms in total. The van der Waals surface area contributed by atoms with Gasteiger partial charge in [0, 0.05) is 6.07 Å². The van der Waals surface area contributed by atoms with E-state index in [2.05, 4.69) is 15.5 Å². The van der Waals surface area contributed by atoms with E-state index < -0.39 is 0 Å². The van der Waals surface area contributed by atoms with Gasteiger partial charge < -0.3 is 19.5 Å². The number of benzene rings is 2. The van der Waals surface area contributed by atoms with E-state index in [1.165, 1.54) is 7.11 Å². The van der Waals surface area contributed by atoms with Crippen LogP contribution in [0.3, 0.4) is 0 Å². The van der Waals surface area contributed by atoms with Crippen molar-refractivity contribution in [2.45, 2.75) is 6.92 Å². The number of carbonyl (C=O) groups excluding carboxylic acids is 1. The molecule has 0 bridgehead atoms. The number of aromatic nitrogens is 3. The van der Waals surface area contributed by atoms with Gasteiger partial charge in [-0.15, -0.1) is 10.2 Å². The van der Waals surface area contributed by atoms with E-state index in [0.29, 0.717) is 22.9 Å². The molecule has 27 heavy (non-hydrogen) atoms. The fourth-order valence-electron chi connectivity index (χ4n) is 2.52. The van der Waals surface area contributed by atoms with Gasteiger partial charge in [-0.3, -0.25) is 9.36 Å². The quantitative estimate of drug-likeness (QED) is 0.690. The number of carbonyl (C=O) groups is 1. The Bertz CT molecular complexity index is 925. The number of nitrogens with zero attached hydrogens (tertiary/aromatic N) is 3. The second-order valence-electron chi connectivity index (χ2n) is 5.74. The monoisotopic (exact) mass is 368 g/mol. The Hall–Kier alpha value is -3.55. The molecule has 0 aliphatic rings. The Morgan fingerprint density at radius 2 is 1.78 bits per heavy atom. The van der Waals surface area contributed by atoms with E-state index in [1.54, 1.807) is 42.5 Å². The van der Waals surface area contributed by atoms with Crippen molar-refractivity contribution in [3.63, 3.8) is 0 Å². The summed E-state index contributed by atoms with van der Waals surface area (Å²) in [6.07, 6.45) is 3.14. The zero-order valence-corrected chi connectivity index (χ0v) is 15.3. The van der Waals surface area contributed by atoms with Crippen LogP contribution < -0.4 is 19.5 Å². The maximum atomic E-state index is 12.4. The highest BCUT2D eigenvalue weighted by atomic mass is 16.5. The van der Waals surface area contributed by atoms with Crippen LogP contribution in [0, 0.1) is 6.92 Å². The third-order valence-electron chi connectivity index (χ3n) is 3.85. The van der Waals surface area contributed by atoms with Gasteiger partial charge in [0.25, 0.3) is 5.91 Å². The van der Waals surface area contributed by atoms with E-state index >= 15 is 0 Å². The second kappa shape index (κ2) is 8.22. The minimum absolute atomic E-state index is 0.168. The Morgan fingerprint density at radius 3 is 2.48 bits per heavy atom. The molecule has 1 N–H and O–H groups in total. The van der Waals surface area contributed by atoms with Gasteiger partial charge in [-0.25, -0.2) is 0 Å². The lowest BCUT2D eigenvalue weighted by atomic mass is 10.2. The van der Waals surface area contributed by atoms with E-state index in [4.69, 9.17) is 14.2 Å². The summed E-state index contributed by atoms with van der Waals surface area (Å²) in [5, 5.41) is 10.4. The lowest BCUT2D eigenvalue weighted by molar-refractivity contribution is -0.118. The van der Waals surface area contributed by atoms with Crippen molar-refractivity contribution < 1.29 is 19.0 Å². The van der Waals surface area contributed by atoms with E-state index in [9.17, 15) is 4.79 Å². The fraction of sp³-hybridized carbons (Fsp3) is 0.211. The van der Waals surface area contributed by atoms with Crippen LogP contribution in [0.2, 0.25) is 0 Å². The van der Waals surface area contributed by atoms with Gasteiger partial charge in [-0.05, 0) is 36.8 Å². The van der Waals surface area contributed by atoms with Gasteiger partial charge >= 0.3 is 0 Å². The lowest BCUT2D eigenvalue weighted by Crippen LogP contribution is -2.21. The van der Waals surface area contributed by atoms with E-state index in [0.717, 1.165) is 11.3 Å². The van der Waals surface area contributed by atoms with Crippen molar-refractivity contribution in [3.8, 4) is 22.9 Å². The predicted octanol–water partition coefficient (Wildman–Crippen LogP) is 2.61. The van der Waals surface area contributed by atoms with Crippen molar-refractivity contribution in [2.24, 2.45) is 0 Å². The molecule has 1 heterocycles. The molecule has 0 saturated heterocycles. The normalized spacial score (nSPS) is 10.3. The van der Waals surface area contributed by atoms with Crippen LogP contribution in [-0.4, -0.2) is 41.5 Å². The smallest absolute Gasteiger partial charge is 0.262 e. The number of nitrogens with one attached hydrogen (secondary N) is 1. The standard InChI is InChI=1S/C19H20N4O4/c1-13-4-6-18(16(8-13)23-11-20-21-12-23)27-10-19(24)22-15-9-14(25-2)5-7-17(15)26-3/h4-9,11-12H,10H2,1-3H3,(H,22,24). The molecule has 0 fully saturated rings. The first kappa shape index (κ1) is 18.2. The molecule has 0 unspecified atom stereocenters. The molecule has 0 aliphatic heterocycles. The Kier molecular flexibility index (Phi) is 5.55. The highest BCUT2D eigenvalue weighted by Crippen LogP contribution is 2.29. The number of aryl methyl sites for hydroxylation is 1. The Morgan fingerprint density at radius 1 is 1.04 bits per heavy atom. The lowest BCUT2D eigenvalue weighted by Gasteiger charge is -2.14. The average molecular weight is 368 g/mol. The molecule has 0 saturated carbocycles. The maximum absolute atomic E-state index is 12.4. The second-order valence-corrected chi connectivity index (χ2v) is 5.74. The molecule has 1 amide bonds. The average Bonchev–Trinajstić information content (AvgIpc) is 3.21. The number of amides is 1. The van der Waals surface area contributed by atoms with Crippen LogP contribution in [0.5, 0.6) is 17.2 Å². The van der Waals surface area contributed by atoms with E-state index in [1.807, 2.05) is 25.1 Å². The third-order valence-corrected chi connectivity index (χ3v) is 3.85. The highest BCUT2D eigenvalue weighted by molar-refractivity contribution is 5.93. The van der Waals surface area contributed by atoms with E-state index in [-0.39, 0.29) is 12.5 Å². The van der Waals surface area contributed by atoms with Gasteiger partial charge in [0.15, 0.2) is 6.61 Å². The molecule has 140 valence electrons. The van der Waals surface area contributed by atoms with Gasteiger partial charge in [0.05, 0.1) is 25.6 Å². The summed E-state index contributed by atoms with van der Waals surface area (Å²) in [7, 11) is 3.09. The number of hydrogen-bond acceptors (Lipinski definition) is 6. The highest BCUT2D eigenvalue weighted by Gasteiger charge is 2.12. The molecule has 3 aromatic rings. The van der Waals surface area contributed by atoms with Crippen LogP contribution in [0.1, 0.15) is 5.56 Å². The van der Waals surface area contributed by atoms with Crippen molar-refractivity contribution in [3.05, 3.63) is 54.6 Å². The fourth-order valence-corrected chi connectivity index (χ4v) is 2.52. The summed E-state index contributed by atoms with van der Waals surface area (Å²) in [6.45, 7) is 1.80. The summed E-state index contributed by atoms with van der Waals surface area (Å²) in [5.74, 6) is 1.37.